The first kappa shape index (κ1) is 22.1. The molecule has 162 valence electrons. The number of amides is 1. The number of halogens is 1. The summed E-state index contributed by atoms with van der Waals surface area (Å²) < 4.78 is 5.81. The molecule has 7 heteroatoms. The van der Waals surface area contributed by atoms with Crippen LogP contribution >= 0.6 is 23.4 Å². The van der Waals surface area contributed by atoms with Crippen molar-refractivity contribution in [3.63, 3.8) is 0 Å². The van der Waals surface area contributed by atoms with Crippen LogP contribution in [0.15, 0.2) is 87.9 Å². The van der Waals surface area contributed by atoms with Gasteiger partial charge in [-0.2, -0.15) is 5.10 Å². The van der Waals surface area contributed by atoms with E-state index in [2.05, 4.69) is 41.0 Å². The maximum atomic E-state index is 12.9. The summed E-state index contributed by atoms with van der Waals surface area (Å²) in [5, 5.41) is 9.47. The first-order valence-electron chi connectivity index (χ1n) is 10.1. The van der Waals surface area contributed by atoms with E-state index >= 15 is 0 Å². The van der Waals surface area contributed by atoms with Crippen molar-refractivity contribution in [3.8, 4) is 11.3 Å². The van der Waals surface area contributed by atoms with Gasteiger partial charge in [-0.15, -0.1) is 11.7 Å². The van der Waals surface area contributed by atoms with Gasteiger partial charge in [0.25, 0.3) is 0 Å². The van der Waals surface area contributed by atoms with Crippen molar-refractivity contribution in [1.29, 1.82) is 0 Å². The molecule has 2 heterocycles. The van der Waals surface area contributed by atoms with Gasteiger partial charge >= 0.3 is 0 Å². The molecule has 0 radical (unpaired) electrons. The van der Waals surface area contributed by atoms with Gasteiger partial charge in [0.2, 0.25) is 5.91 Å². The first-order chi connectivity index (χ1) is 15.5. The van der Waals surface area contributed by atoms with Crippen molar-refractivity contribution in [1.82, 2.24) is 4.90 Å². The molecule has 0 aliphatic carbocycles. The Morgan fingerprint density at radius 2 is 1.88 bits per heavy atom. The van der Waals surface area contributed by atoms with Crippen molar-refractivity contribution in [2.24, 2.45) is 10.2 Å². The zero-order valence-corrected chi connectivity index (χ0v) is 19.1. The average Bonchev–Trinajstić information content (AvgIpc) is 3.37. The summed E-state index contributed by atoms with van der Waals surface area (Å²) >= 11 is 7.36. The maximum absolute atomic E-state index is 12.9. The summed E-state index contributed by atoms with van der Waals surface area (Å²) in [4.78, 5) is 14.5. The maximum Gasteiger partial charge on any atom is 0.242 e. The summed E-state index contributed by atoms with van der Waals surface area (Å²) in [5.74, 6) is 1.31. The van der Waals surface area contributed by atoms with Crippen molar-refractivity contribution in [2.75, 3.05) is 6.54 Å². The van der Waals surface area contributed by atoms with Gasteiger partial charge in [0.1, 0.15) is 11.5 Å². The number of carbonyl (C=O) groups is 1. The van der Waals surface area contributed by atoms with E-state index < -0.39 is 0 Å². The fourth-order valence-corrected chi connectivity index (χ4v) is 4.55. The zero-order valence-electron chi connectivity index (χ0n) is 17.6. The highest BCUT2D eigenvalue weighted by Gasteiger charge is 2.37. The molecule has 2 aromatic carbocycles. The number of thioether (sulfide) groups is 1. The van der Waals surface area contributed by atoms with Crippen LogP contribution in [-0.4, -0.2) is 34.0 Å². The third-order valence-corrected chi connectivity index (χ3v) is 6.37. The Kier molecular flexibility index (Phi) is 6.93. The third-order valence-electron chi connectivity index (χ3n) is 4.96. The summed E-state index contributed by atoms with van der Waals surface area (Å²) in [5.41, 5.74) is 3.24. The van der Waals surface area contributed by atoms with E-state index in [1.165, 1.54) is 23.5 Å². The molecule has 0 saturated carbocycles. The monoisotopic (exact) mass is 463 g/mol. The molecule has 4 rings (SSSR count). The van der Waals surface area contributed by atoms with Gasteiger partial charge in [0.15, 0.2) is 5.17 Å². The number of carbonyl (C=O) groups excluding carboxylic acids is 1. The van der Waals surface area contributed by atoms with Crippen molar-refractivity contribution in [3.05, 3.63) is 95.2 Å². The highest BCUT2D eigenvalue weighted by Crippen LogP contribution is 2.30. The van der Waals surface area contributed by atoms with E-state index in [0.29, 0.717) is 34.7 Å². The molecule has 1 aliphatic rings. The SMILES string of the molecule is C=CCN1C(=O)C(Cc2ccc(C)cc2)SC1=NN=Cc1ccc(-c2ccc(Cl)cc2)o1. The Balaban J connectivity index is 1.47. The number of furan rings is 1. The second-order valence-electron chi connectivity index (χ2n) is 7.37. The van der Waals surface area contributed by atoms with Gasteiger partial charge in [0, 0.05) is 17.1 Å². The lowest BCUT2D eigenvalue weighted by molar-refractivity contribution is -0.125. The van der Waals surface area contributed by atoms with E-state index in [1.54, 1.807) is 11.0 Å². The first-order valence-corrected chi connectivity index (χ1v) is 11.4. The van der Waals surface area contributed by atoms with Crippen LogP contribution in [0, 0.1) is 6.92 Å². The molecule has 1 aliphatic heterocycles. The van der Waals surface area contributed by atoms with Crippen molar-refractivity contribution in [2.45, 2.75) is 18.6 Å². The number of benzene rings is 2. The molecule has 1 unspecified atom stereocenters. The lowest BCUT2D eigenvalue weighted by Crippen LogP contribution is -2.32. The minimum Gasteiger partial charge on any atom is -0.455 e. The van der Waals surface area contributed by atoms with Gasteiger partial charge in [-0.25, -0.2) is 0 Å². The molecule has 1 aromatic heterocycles. The summed E-state index contributed by atoms with van der Waals surface area (Å²) in [7, 11) is 0. The second kappa shape index (κ2) is 10.0. The molecule has 1 atom stereocenters. The van der Waals surface area contributed by atoms with E-state index in [4.69, 9.17) is 16.0 Å². The minimum atomic E-state index is -0.230. The van der Waals surface area contributed by atoms with Crippen LogP contribution in [-0.2, 0) is 11.2 Å². The van der Waals surface area contributed by atoms with Gasteiger partial charge in [-0.3, -0.25) is 9.69 Å². The number of aryl methyl sites for hydroxylation is 1. The zero-order chi connectivity index (χ0) is 22.5. The average molecular weight is 464 g/mol. The Morgan fingerprint density at radius 3 is 2.59 bits per heavy atom. The molecule has 0 spiro atoms. The molecule has 0 bridgehead atoms. The Bertz CT molecular complexity index is 1170. The number of amidine groups is 1. The predicted octanol–water partition coefficient (Wildman–Crippen LogP) is 5.97. The molecule has 32 heavy (non-hydrogen) atoms. The largest absolute Gasteiger partial charge is 0.455 e. The third kappa shape index (κ3) is 5.21. The van der Waals surface area contributed by atoms with E-state index in [-0.39, 0.29) is 11.2 Å². The van der Waals surface area contributed by atoms with Gasteiger partial charge < -0.3 is 4.42 Å². The van der Waals surface area contributed by atoms with Gasteiger partial charge in [-0.1, -0.05) is 59.3 Å². The number of hydrogen-bond acceptors (Lipinski definition) is 5. The topological polar surface area (TPSA) is 58.2 Å². The normalized spacial score (nSPS) is 17.6. The van der Waals surface area contributed by atoms with E-state index in [1.807, 2.05) is 43.3 Å². The standard InChI is InChI=1S/C25H22ClN3O2S/c1-3-14-29-24(30)23(15-18-6-4-17(2)5-7-18)32-25(29)28-27-16-21-12-13-22(31-21)19-8-10-20(26)11-9-19/h3-13,16,23H,1,14-15H2,2H3. The van der Waals surface area contributed by atoms with Crippen LogP contribution in [0.2, 0.25) is 5.02 Å². The highest BCUT2D eigenvalue weighted by molar-refractivity contribution is 8.15. The van der Waals surface area contributed by atoms with Crippen LogP contribution in [0.5, 0.6) is 0 Å². The molecule has 1 saturated heterocycles. The van der Waals surface area contributed by atoms with Crippen LogP contribution in [0.25, 0.3) is 11.3 Å². The van der Waals surface area contributed by atoms with E-state index in [0.717, 1.165) is 11.1 Å². The molecule has 3 aromatic rings. The van der Waals surface area contributed by atoms with Crippen LogP contribution < -0.4 is 0 Å². The minimum absolute atomic E-state index is 0.0208. The summed E-state index contributed by atoms with van der Waals surface area (Å²) in [6.07, 6.45) is 3.87. The second-order valence-corrected chi connectivity index (χ2v) is 8.98. The molecule has 0 N–H and O–H groups in total. The molecular formula is C25H22ClN3O2S. The van der Waals surface area contributed by atoms with Crippen LogP contribution in [0.1, 0.15) is 16.9 Å². The number of nitrogens with zero attached hydrogens (tertiary/aromatic N) is 3. The van der Waals surface area contributed by atoms with Gasteiger partial charge in [-0.05, 0) is 55.3 Å². The van der Waals surface area contributed by atoms with Crippen LogP contribution in [0.3, 0.4) is 0 Å². The summed E-state index contributed by atoms with van der Waals surface area (Å²) in [6, 6.07) is 19.3. The van der Waals surface area contributed by atoms with Crippen molar-refractivity contribution >= 4 is 40.7 Å². The van der Waals surface area contributed by atoms with Crippen LogP contribution in [0.4, 0.5) is 0 Å². The predicted molar refractivity (Wildman–Crippen MR) is 132 cm³/mol. The lowest BCUT2D eigenvalue weighted by atomic mass is 10.1. The number of rotatable bonds is 7. The molecule has 5 nitrogen and oxygen atoms in total. The summed E-state index contributed by atoms with van der Waals surface area (Å²) in [6.45, 7) is 6.20. The fourth-order valence-electron chi connectivity index (χ4n) is 3.28. The smallest absolute Gasteiger partial charge is 0.242 e. The Hall–Kier alpha value is -3.09. The number of hydrogen-bond donors (Lipinski definition) is 0. The van der Waals surface area contributed by atoms with E-state index in [9.17, 15) is 4.79 Å². The highest BCUT2D eigenvalue weighted by atomic mass is 35.5. The fraction of sp³-hybridized carbons (Fsp3) is 0.160. The molecule has 1 fully saturated rings. The lowest BCUT2D eigenvalue weighted by Gasteiger charge is -2.12. The Labute approximate surface area is 196 Å². The quantitative estimate of drug-likeness (QED) is 0.246. The molecule has 1 amide bonds. The Morgan fingerprint density at radius 1 is 1.12 bits per heavy atom. The van der Waals surface area contributed by atoms with Crippen molar-refractivity contribution < 1.29 is 9.21 Å². The molecular weight excluding hydrogens is 442 g/mol. The van der Waals surface area contributed by atoms with Gasteiger partial charge in [0.05, 0.1) is 11.5 Å².